The van der Waals surface area contributed by atoms with Gasteiger partial charge in [-0.3, -0.25) is 4.99 Å². The molecule has 25 heavy (non-hydrogen) atoms. The van der Waals surface area contributed by atoms with E-state index < -0.39 is 0 Å². The second-order valence-corrected chi connectivity index (χ2v) is 7.03. The number of nitrogens with one attached hydrogen (secondary N) is 2. The van der Waals surface area contributed by atoms with Crippen molar-refractivity contribution in [1.29, 1.82) is 0 Å². The lowest BCUT2D eigenvalue weighted by Crippen LogP contribution is -2.38. The van der Waals surface area contributed by atoms with Gasteiger partial charge in [-0.1, -0.05) is 23.3 Å². The molecule has 140 valence electrons. The topological polar surface area (TPSA) is 45.7 Å². The van der Waals surface area contributed by atoms with Gasteiger partial charge in [0.25, 0.3) is 0 Å². The molecule has 7 heteroatoms. The lowest BCUT2D eigenvalue weighted by atomic mass is 10.1. The van der Waals surface area contributed by atoms with Crippen molar-refractivity contribution in [2.45, 2.75) is 24.7 Å². The van der Waals surface area contributed by atoms with Gasteiger partial charge in [-0.15, -0.1) is 35.7 Å². The van der Waals surface area contributed by atoms with Crippen LogP contribution in [0.3, 0.4) is 0 Å². The van der Waals surface area contributed by atoms with Gasteiger partial charge in [0.1, 0.15) is 0 Å². The molecule has 2 N–H and O–H groups in total. The van der Waals surface area contributed by atoms with E-state index in [1.807, 2.05) is 36.0 Å². The second kappa shape index (κ2) is 13.7. The first-order chi connectivity index (χ1) is 11.8. The SMILES string of the molecule is CCNC(=NCCC1=CCOCC1)NCCSc1ccc(Cl)cc1.I. The van der Waals surface area contributed by atoms with Gasteiger partial charge in [-0.25, -0.2) is 0 Å². The van der Waals surface area contributed by atoms with Crippen molar-refractivity contribution in [3.05, 3.63) is 40.9 Å². The fraction of sp³-hybridized carbons (Fsp3) is 0.500. The molecule has 0 radical (unpaired) electrons. The number of ether oxygens (including phenoxy) is 1. The number of aliphatic imine (C=N–C) groups is 1. The molecule has 1 aromatic rings. The zero-order valence-corrected chi connectivity index (χ0v) is 18.5. The highest BCUT2D eigenvalue weighted by molar-refractivity contribution is 14.0. The first-order valence-corrected chi connectivity index (χ1v) is 9.80. The largest absolute Gasteiger partial charge is 0.377 e. The maximum absolute atomic E-state index is 5.90. The molecule has 4 nitrogen and oxygen atoms in total. The third kappa shape index (κ3) is 9.72. The third-order valence-electron chi connectivity index (χ3n) is 3.58. The van der Waals surface area contributed by atoms with Gasteiger partial charge in [-0.2, -0.15) is 0 Å². The molecule has 2 rings (SSSR count). The van der Waals surface area contributed by atoms with Gasteiger partial charge in [-0.05, 0) is 44.0 Å². The Morgan fingerprint density at radius 3 is 2.76 bits per heavy atom. The van der Waals surface area contributed by atoms with Crippen LogP contribution in [0.4, 0.5) is 0 Å². The molecule has 0 spiro atoms. The van der Waals surface area contributed by atoms with Crippen LogP contribution in [-0.4, -0.2) is 44.6 Å². The minimum Gasteiger partial charge on any atom is -0.377 e. The minimum absolute atomic E-state index is 0. The summed E-state index contributed by atoms with van der Waals surface area (Å²) in [4.78, 5) is 5.88. The van der Waals surface area contributed by atoms with E-state index >= 15 is 0 Å². The van der Waals surface area contributed by atoms with E-state index in [0.717, 1.165) is 62.4 Å². The Labute approximate surface area is 177 Å². The number of rotatable bonds is 8. The van der Waals surface area contributed by atoms with Gasteiger partial charge in [0, 0.05) is 35.3 Å². The molecule has 0 amide bonds. The fourth-order valence-electron chi connectivity index (χ4n) is 2.31. The molecule has 0 aromatic heterocycles. The van der Waals surface area contributed by atoms with Crippen LogP contribution < -0.4 is 10.6 Å². The Kier molecular flexibility index (Phi) is 12.4. The summed E-state index contributed by atoms with van der Waals surface area (Å²) in [6.07, 6.45) is 4.23. The first kappa shape index (κ1) is 22.6. The molecule has 0 atom stereocenters. The molecule has 1 aliphatic rings. The quantitative estimate of drug-likeness (QED) is 0.141. The minimum atomic E-state index is 0. The number of hydrogen-bond donors (Lipinski definition) is 2. The number of nitrogens with zero attached hydrogens (tertiary/aromatic N) is 1. The van der Waals surface area contributed by atoms with Crippen molar-refractivity contribution in [1.82, 2.24) is 10.6 Å². The van der Waals surface area contributed by atoms with E-state index in [1.165, 1.54) is 10.5 Å². The molecule has 1 aliphatic heterocycles. The highest BCUT2D eigenvalue weighted by Gasteiger charge is 2.03. The highest BCUT2D eigenvalue weighted by atomic mass is 127. The second-order valence-electron chi connectivity index (χ2n) is 5.43. The predicted molar refractivity (Wildman–Crippen MR) is 120 cm³/mol. The van der Waals surface area contributed by atoms with Gasteiger partial charge in [0.05, 0.1) is 13.2 Å². The number of hydrogen-bond acceptors (Lipinski definition) is 3. The molecular formula is C18H27ClIN3OS. The molecule has 0 saturated heterocycles. The molecular weight excluding hydrogens is 469 g/mol. The van der Waals surface area contributed by atoms with Crippen LogP contribution in [0.25, 0.3) is 0 Å². The predicted octanol–water partition coefficient (Wildman–Crippen LogP) is 4.34. The number of guanidine groups is 1. The van der Waals surface area contributed by atoms with E-state index in [0.29, 0.717) is 0 Å². The Hall–Kier alpha value is -0.440. The van der Waals surface area contributed by atoms with Gasteiger partial charge in [0.2, 0.25) is 0 Å². The van der Waals surface area contributed by atoms with Crippen molar-refractivity contribution < 1.29 is 4.74 Å². The molecule has 0 saturated carbocycles. The lowest BCUT2D eigenvalue weighted by molar-refractivity contribution is 0.153. The summed E-state index contributed by atoms with van der Waals surface area (Å²) < 4.78 is 5.33. The third-order valence-corrected chi connectivity index (χ3v) is 4.85. The summed E-state index contributed by atoms with van der Waals surface area (Å²) in [6.45, 7) is 6.23. The van der Waals surface area contributed by atoms with Crippen molar-refractivity contribution in [3.8, 4) is 0 Å². The smallest absolute Gasteiger partial charge is 0.191 e. The van der Waals surface area contributed by atoms with Crippen LogP contribution >= 0.6 is 47.3 Å². The summed E-state index contributed by atoms with van der Waals surface area (Å²) in [5, 5.41) is 7.46. The summed E-state index contributed by atoms with van der Waals surface area (Å²) >= 11 is 7.71. The number of halogens is 2. The van der Waals surface area contributed by atoms with Crippen LogP contribution in [0.15, 0.2) is 45.8 Å². The van der Waals surface area contributed by atoms with Crippen molar-refractivity contribution in [3.63, 3.8) is 0 Å². The Morgan fingerprint density at radius 2 is 2.08 bits per heavy atom. The van der Waals surface area contributed by atoms with Crippen molar-refractivity contribution in [2.75, 3.05) is 38.6 Å². The molecule has 1 heterocycles. The Bertz CT molecular complexity index is 552. The van der Waals surface area contributed by atoms with Crippen LogP contribution in [0.1, 0.15) is 19.8 Å². The molecule has 0 unspecified atom stereocenters. The van der Waals surface area contributed by atoms with Crippen LogP contribution in [0.5, 0.6) is 0 Å². The Morgan fingerprint density at radius 1 is 1.28 bits per heavy atom. The van der Waals surface area contributed by atoms with E-state index in [4.69, 9.17) is 16.3 Å². The monoisotopic (exact) mass is 495 g/mol. The zero-order chi connectivity index (χ0) is 17.0. The van der Waals surface area contributed by atoms with Gasteiger partial charge >= 0.3 is 0 Å². The molecule has 0 fully saturated rings. The standard InChI is InChI=1S/C18H26ClN3OS.HI/c1-2-20-18(21-10-7-15-8-12-23-13-9-15)22-11-14-24-17-5-3-16(19)4-6-17;/h3-6,8H,2,7,9-14H2,1H3,(H2,20,21,22);1H. The highest BCUT2D eigenvalue weighted by Crippen LogP contribution is 2.19. The van der Waals surface area contributed by atoms with Crippen LogP contribution in [0.2, 0.25) is 5.02 Å². The molecule has 0 bridgehead atoms. The Balaban J connectivity index is 0.00000312. The van der Waals surface area contributed by atoms with Crippen molar-refractivity contribution >= 4 is 53.3 Å². The maximum Gasteiger partial charge on any atom is 0.191 e. The van der Waals surface area contributed by atoms with Gasteiger partial charge < -0.3 is 15.4 Å². The normalized spacial score (nSPS) is 14.5. The van der Waals surface area contributed by atoms with E-state index in [9.17, 15) is 0 Å². The summed E-state index contributed by atoms with van der Waals surface area (Å²) in [5.41, 5.74) is 1.46. The lowest BCUT2D eigenvalue weighted by Gasteiger charge is -2.14. The molecule has 1 aromatic carbocycles. The summed E-state index contributed by atoms with van der Waals surface area (Å²) in [6, 6.07) is 7.95. The average molecular weight is 496 g/mol. The summed E-state index contributed by atoms with van der Waals surface area (Å²) in [5.74, 6) is 1.87. The van der Waals surface area contributed by atoms with Crippen LogP contribution in [0, 0.1) is 0 Å². The first-order valence-electron chi connectivity index (χ1n) is 8.44. The van der Waals surface area contributed by atoms with Crippen molar-refractivity contribution in [2.24, 2.45) is 4.99 Å². The zero-order valence-electron chi connectivity index (χ0n) is 14.6. The number of benzene rings is 1. The maximum atomic E-state index is 5.90. The molecule has 0 aliphatic carbocycles. The summed E-state index contributed by atoms with van der Waals surface area (Å²) in [7, 11) is 0. The van der Waals surface area contributed by atoms with Gasteiger partial charge in [0.15, 0.2) is 5.96 Å². The van der Waals surface area contributed by atoms with E-state index in [1.54, 1.807) is 0 Å². The number of thioether (sulfide) groups is 1. The fourth-order valence-corrected chi connectivity index (χ4v) is 3.21. The average Bonchev–Trinajstić information content (AvgIpc) is 2.61. The van der Waals surface area contributed by atoms with E-state index in [2.05, 4.69) is 28.6 Å². The van der Waals surface area contributed by atoms with Crippen LogP contribution in [-0.2, 0) is 4.74 Å². The van der Waals surface area contributed by atoms with E-state index in [-0.39, 0.29) is 24.0 Å².